The quantitative estimate of drug-likeness (QED) is 0.779. The monoisotopic (exact) mass is 260 g/mol. The standard InChI is InChI=1S/C17H28N2/c1-3-5-12-19(13-6-4-2)16-9-10-17-15(14-16)8-7-11-18-17/h9-10,14,18H,3-8,11-13H2,1-2H3. The molecule has 0 saturated heterocycles. The number of nitrogens with zero attached hydrogens (tertiary/aromatic N) is 1. The highest BCUT2D eigenvalue weighted by Gasteiger charge is 2.12. The number of hydrogen-bond donors (Lipinski definition) is 1. The van der Waals surface area contributed by atoms with Gasteiger partial charge in [-0.15, -0.1) is 0 Å². The van der Waals surface area contributed by atoms with Crippen molar-refractivity contribution in [1.29, 1.82) is 0 Å². The molecule has 0 spiro atoms. The number of aryl methyl sites for hydroxylation is 1. The number of benzene rings is 1. The number of hydrogen-bond acceptors (Lipinski definition) is 2. The zero-order valence-electron chi connectivity index (χ0n) is 12.5. The van der Waals surface area contributed by atoms with E-state index in [4.69, 9.17) is 0 Å². The van der Waals surface area contributed by atoms with Gasteiger partial charge in [0.1, 0.15) is 0 Å². The molecule has 1 aliphatic heterocycles. The maximum absolute atomic E-state index is 3.50. The van der Waals surface area contributed by atoms with Crippen molar-refractivity contribution in [2.45, 2.75) is 52.4 Å². The minimum Gasteiger partial charge on any atom is -0.385 e. The predicted molar refractivity (Wildman–Crippen MR) is 85.3 cm³/mol. The maximum Gasteiger partial charge on any atom is 0.0374 e. The number of unbranched alkanes of at least 4 members (excludes halogenated alkanes) is 2. The lowest BCUT2D eigenvalue weighted by Crippen LogP contribution is -2.26. The first-order valence-corrected chi connectivity index (χ1v) is 7.97. The van der Waals surface area contributed by atoms with Crippen molar-refractivity contribution in [1.82, 2.24) is 0 Å². The van der Waals surface area contributed by atoms with Gasteiger partial charge in [-0.1, -0.05) is 26.7 Å². The third-order valence-corrected chi connectivity index (χ3v) is 3.96. The Morgan fingerprint density at radius 2 is 1.84 bits per heavy atom. The van der Waals surface area contributed by atoms with E-state index >= 15 is 0 Å². The third kappa shape index (κ3) is 3.89. The predicted octanol–water partition coefficient (Wildman–Crippen LogP) is 4.45. The van der Waals surface area contributed by atoms with Crippen LogP contribution in [0.3, 0.4) is 0 Å². The van der Waals surface area contributed by atoms with Crippen LogP contribution in [-0.4, -0.2) is 19.6 Å². The van der Waals surface area contributed by atoms with Crippen LogP contribution in [0, 0.1) is 0 Å². The van der Waals surface area contributed by atoms with Crippen LogP contribution in [0.2, 0.25) is 0 Å². The van der Waals surface area contributed by atoms with E-state index < -0.39 is 0 Å². The van der Waals surface area contributed by atoms with E-state index in [2.05, 4.69) is 42.3 Å². The second-order valence-electron chi connectivity index (χ2n) is 5.57. The fourth-order valence-electron chi connectivity index (χ4n) is 2.73. The summed E-state index contributed by atoms with van der Waals surface area (Å²) in [4.78, 5) is 2.57. The molecule has 1 aromatic carbocycles. The van der Waals surface area contributed by atoms with Gasteiger partial charge in [0.15, 0.2) is 0 Å². The second kappa shape index (κ2) is 7.42. The normalized spacial score (nSPS) is 13.8. The van der Waals surface area contributed by atoms with Gasteiger partial charge in [-0.05, 0) is 49.4 Å². The molecule has 0 fully saturated rings. The molecule has 0 aromatic heterocycles. The molecule has 0 unspecified atom stereocenters. The van der Waals surface area contributed by atoms with Crippen LogP contribution in [-0.2, 0) is 6.42 Å². The Kier molecular flexibility index (Phi) is 5.56. The molecule has 2 heteroatoms. The van der Waals surface area contributed by atoms with Crippen molar-refractivity contribution in [2.24, 2.45) is 0 Å². The molecular weight excluding hydrogens is 232 g/mol. The van der Waals surface area contributed by atoms with Gasteiger partial charge >= 0.3 is 0 Å². The van der Waals surface area contributed by atoms with Crippen molar-refractivity contribution >= 4 is 11.4 Å². The van der Waals surface area contributed by atoms with Crippen molar-refractivity contribution in [3.63, 3.8) is 0 Å². The van der Waals surface area contributed by atoms with Crippen LogP contribution in [0.4, 0.5) is 11.4 Å². The number of anilines is 2. The first-order valence-electron chi connectivity index (χ1n) is 7.97. The molecule has 2 nitrogen and oxygen atoms in total. The summed E-state index contributed by atoms with van der Waals surface area (Å²) in [7, 11) is 0. The molecule has 0 radical (unpaired) electrons. The van der Waals surface area contributed by atoms with Crippen LogP contribution in [0.1, 0.15) is 51.5 Å². The lowest BCUT2D eigenvalue weighted by molar-refractivity contribution is 0.677. The van der Waals surface area contributed by atoms with Gasteiger partial charge in [0.05, 0.1) is 0 Å². The Labute approximate surface area is 118 Å². The molecule has 0 amide bonds. The Bertz CT molecular complexity index is 379. The summed E-state index contributed by atoms with van der Waals surface area (Å²) >= 11 is 0. The average molecular weight is 260 g/mol. The molecule has 0 atom stereocenters. The molecule has 19 heavy (non-hydrogen) atoms. The van der Waals surface area contributed by atoms with Crippen LogP contribution in [0.15, 0.2) is 18.2 Å². The van der Waals surface area contributed by atoms with Crippen molar-refractivity contribution in [2.75, 3.05) is 29.9 Å². The van der Waals surface area contributed by atoms with Gasteiger partial charge in [0.25, 0.3) is 0 Å². The molecule has 0 saturated carbocycles. The van der Waals surface area contributed by atoms with E-state index in [1.807, 2.05) is 0 Å². The summed E-state index contributed by atoms with van der Waals surface area (Å²) in [5.41, 5.74) is 4.27. The first-order chi connectivity index (χ1) is 9.35. The maximum atomic E-state index is 3.50. The van der Waals surface area contributed by atoms with Crippen LogP contribution in [0.25, 0.3) is 0 Å². The SMILES string of the molecule is CCCCN(CCCC)c1ccc2c(c1)CCCN2. The Morgan fingerprint density at radius 3 is 2.53 bits per heavy atom. The smallest absolute Gasteiger partial charge is 0.0374 e. The Balaban J connectivity index is 2.10. The summed E-state index contributed by atoms with van der Waals surface area (Å²) in [5, 5.41) is 3.50. The van der Waals surface area contributed by atoms with Crippen molar-refractivity contribution in [3.05, 3.63) is 23.8 Å². The van der Waals surface area contributed by atoms with Gasteiger partial charge in [-0.2, -0.15) is 0 Å². The van der Waals surface area contributed by atoms with E-state index in [9.17, 15) is 0 Å². The highest BCUT2D eigenvalue weighted by atomic mass is 15.1. The van der Waals surface area contributed by atoms with Gasteiger partial charge in [-0.25, -0.2) is 0 Å². The minimum absolute atomic E-state index is 1.13. The summed E-state index contributed by atoms with van der Waals surface area (Å²) in [6.07, 6.45) is 7.62. The number of nitrogens with one attached hydrogen (secondary N) is 1. The van der Waals surface area contributed by atoms with Crippen LogP contribution >= 0.6 is 0 Å². The van der Waals surface area contributed by atoms with Gasteiger partial charge in [-0.3, -0.25) is 0 Å². The molecule has 1 aromatic rings. The highest BCUT2D eigenvalue weighted by Crippen LogP contribution is 2.27. The minimum atomic E-state index is 1.13. The lowest BCUT2D eigenvalue weighted by Gasteiger charge is -2.27. The molecule has 2 rings (SSSR count). The number of fused-ring (bicyclic) bond motifs is 1. The van der Waals surface area contributed by atoms with Gasteiger partial charge < -0.3 is 10.2 Å². The lowest BCUT2D eigenvalue weighted by atomic mass is 10.0. The molecular formula is C17H28N2. The van der Waals surface area contributed by atoms with E-state index in [0.717, 1.165) is 6.54 Å². The summed E-state index contributed by atoms with van der Waals surface area (Å²) in [5.74, 6) is 0. The van der Waals surface area contributed by atoms with E-state index in [1.165, 1.54) is 68.6 Å². The second-order valence-corrected chi connectivity index (χ2v) is 5.57. The largest absolute Gasteiger partial charge is 0.385 e. The highest BCUT2D eigenvalue weighted by molar-refractivity contribution is 5.61. The first kappa shape index (κ1) is 14.2. The zero-order chi connectivity index (χ0) is 13.5. The summed E-state index contributed by atoms with van der Waals surface area (Å²) < 4.78 is 0. The van der Waals surface area contributed by atoms with E-state index in [1.54, 1.807) is 0 Å². The molecule has 1 aliphatic rings. The molecule has 0 bridgehead atoms. The fourth-order valence-corrected chi connectivity index (χ4v) is 2.73. The Hall–Kier alpha value is -1.18. The van der Waals surface area contributed by atoms with Crippen LogP contribution < -0.4 is 10.2 Å². The summed E-state index contributed by atoms with van der Waals surface area (Å²) in [6, 6.07) is 6.98. The molecule has 0 aliphatic carbocycles. The van der Waals surface area contributed by atoms with E-state index in [0.29, 0.717) is 0 Å². The van der Waals surface area contributed by atoms with Crippen molar-refractivity contribution < 1.29 is 0 Å². The van der Waals surface area contributed by atoms with Crippen molar-refractivity contribution in [3.8, 4) is 0 Å². The topological polar surface area (TPSA) is 15.3 Å². The summed E-state index contributed by atoms with van der Waals surface area (Å²) in [6.45, 7) is 8.07. The average Bonchev–Trinajstić information content (AvgIpc) is 2.47. The van der Waals surface area contributed by atoms with E-state index in [-0.39, 0.29) is 0 Å². The zero-order valence-corrected chi connectivity index (χ0v) is 12.5. The Morgan fingerprint density at radius 1 is 1.11 bits per heavy atom. The van der Waals surface area contributed by atoms with Gasteiger partial charge in [0, 0.05) is 31.0 Å². The fraction of sp³-hybridized carbons (Fsp3) is 0.647. The molecule has 1 heterocycles. The third-order valence-electron chi connectivity index (χ3n) is 3.96. The van der Waals surface area contributed by atoms with Gasteiger partial charge in [0.2, 0.25) is 0 Å². The molecule has 1 N–H and O–H groups in total. The van der Waals surface area contributed by atoms with Crippen LogP contribution in [0.5, 0.6) is 0 Å². The number of rotatable bonds is 7. The molecule has 106 valence electrons.